The highest BCUT2D eigenvalue weighted by Crippen LogP contribution is 2.49. The van der Waals surface area contributed by atoms with Crippen molar-refractivity contribution in [3.8, 4) is 0 Å². The Bertz CT molecular complexity index is 584. The molecule has 0 bridgehead atoms. The molecule has 178 valence electrons. The minimum atomic E-state index is 0.0156. The lowest BCUT2D eigenvalue weighted by Crippen LogP contribution is -2.23. The summed E-state index contributed by atoms with van der Waals surface area (Å²) in [5, 5.41) is 1.86. The van der Waals surface area contributed by atoms with Crippen LogP contribution in [0.25, 0.3) is 0 Å². The molecule has 1 aliphatic carbocycles. The summed E-state index contributed by atoms with van der Waals surface area (Å²) < 4.78 is 0. The molecule has 1 unspecified atom stereocenters. The zero-order valence-corrected chi connectivity index (χ0v) is 22.5. The fraction of sp³-hybridized carbons (Fsp3) is 0.800. The van der Waals surface area contributed by atoms with E-state index in [0.29, 0.717) is 0 Å². The molecule has 0 N–H and O–H groups in total. The Morgan fingerprint density at radius 2 is 1.26 bits per heavy atom. The smallest absolute Gasteiger partial charge is 0.0169 e. The molecule has 31 heavy (non-hydrogen) atoms. The van der Waals surface area contributed by atoms with E-state index in [1.165, 1.54) is 122 Å². The molecule has 0 spiro atoms. The van der Waals surface area contributed by atoms with Gasteiger partial charge in [0.2, 0.25) is 0 Å². The van der Waals surface area contributed by atoms with E-state index in [1.54, 1.807) is 11.1 Å². The molecule has 1 atom stereocenters. The Morgan fingerprint density at radius 3 is 1.90 bits per heavy atom. The molecule has 0 aromatic heterocycles. The topological polar surface area (TPSA) is 0 Å². The lowest BCUT2D eigenvalue weighted by atomic mass is 9.91. The van der Waals surface area contributed by atoms with Crippen LogP contribution >= 0.6 is 7.92 Å². The van der Waals surface area contributed by atoms with Gasteiger partial charge < -0.3 is 0 Å². The van der Waals surface area contributed by atoms with E-state index in [-0.39, 0.29) is 7.92 Å². The van der Waals surface area contributed by atoms with Crippen LogP contribution in [0, 0.1) is 0 Å². The first-order valence-electron chi connectivity index (χ1n) is 14.2. The average Bonchev–Trinajstić information content (AvgIpc) is 2.81. The zero-order chi connectivity index (χ0) is 22.3. The summed E-state index contributed by atoms with van der Waals surface area (Å²) in [6, 6.07) is 5.25. The normalized spacial score (nSPS) is 16.0. The van der Waals surface area contributed by atoms with Crippen molar-refractivity contribution in [1.29, 1.82) is 0 Å². The summed E-state index contributed by atoms with van der Waals surface area (Å²) in [5.41, 5.74) is 6.36. The molecule has 1 fully saturated rings. The van der Waals surface area contributed by atoms with Crippen LogP contribution in [0.4, 0.5) is 0 Å². The summed E-state index contributed by atoms with van der Waals surface area (Å²) >= 11 is 0. The van der Waals surface area contributed by atoms with Crippen molar-refractivity contribution < 1.29 is 0 Å². The van der Waals surface area contributed by atoms with E-state index < -0.39 is 0 Å². The quantitative estimate of drug-likeness (QED) is 0.176. The molecule has 1 heteroatoms. The molecule has 1 aromatic rings. The second-order valence-electron chi connectivity index (χ2n) is 10.1. The summed E-state index contributed by atoms with van der Waals surface area (Å²) in [5.74, 6) is 0. The van der Waals surface area contributed by atoms with Gasteiger partial charge >= 0.3 is 0 Å². The highest BCUT2D eigenvalue weighted by atomic mass is 31.1. The minimum absolute atomic E-state index is 0.0156. The molecule has 2 rings (SSSR count). The van der Waals surface area contributed by atoms with Crippen LogP contribution in [0.3, 0.4) is 0 Å². The van der Waals surface area contributed by atoms with E-state index in [0.717, 1.165) is 5.66 Å². The van der Waals surface area contributed by atoms with Crippen LogP contribution in [0.5, 0.6) is 0 Å². The van der Waals surface area contributed by atoms with Crippen molar-refractivity contribution in [2.45, 2.75) is 149 Å². The van der Waals surface area contributed by atoms with Crippen LogP contribution in [-0.2, 0) is 19.3 Å². The standard InChI is InChI=1S/C30H53P/c1-5-9-13-17-25-31(27-19-15-14-16-20-27)30-24-23-26(18-10-6-2)28(21-11-7-3)29(30)22-12-8-4/h23-24,27H,5-22,25H2,1-4H3. The number of unbranched alkanes of at least 4 members (excludes halogenated alkanes) is 6. The highest BCUT2D eigenvalue weighted by molar-refractivity contribution is 7.66. The maximum atomic E-state index is 2.66. The first kappa shape index (κ1) is 26.9. The molecule has 1 saturated carbocycles. The third-order valence-corrected chi connectivity index (χ3v) is 10.7. The number of hydrogen-bond donors (Lipinski definition) is 0. The van der Waals surface area contributed by atoms with E-state index in [4.69, 9.17) is 0 Å². The van der Waals surface area contributed by atoms with Crippen molar-refractivity contribution >= 4 is 13.2 Å². The van der Waals surface area contributed by atoms with Crippen LogP contribution in [0.1, 0.15) is 141 Å². The van der Waals surface area contributed by atoms with Gasteiger partial charge in [0.05, 0.1) is 0 Å². The third kappa shape index (κ3) is 8.84. The molecule has 0 nitrogen and oxygen atoms in total. The van der Waals surface area contributed by atoms with Gasteiger partial charge in [-0.2, -0.15) is 0 Å². The van der Waals surface area contributed by atoms with Crippen LogP contribution in [-0.4, -0.2) is 11.8 Å². The Labute approximate surface area is 197 Å². The van der Waals surface area contributed by atoms with Gasteiger partial charge in [0.25, 0.3) is 0 Å². The van der Waals surface area contributed by atoms with Crippen molar-refractivity contribution in [3.63, 3.8) is 0 Å². The molecule has 1 aliphatic rings. The highest BCUT2D eigenvalue weighted by Gasteiger charge is 2.27. The third-order valence-electron chi connectivity index (χ3n) is 7.44. The maximum absolute atomic E-state index is 2.66. The number of benzene rings is 1. The molecule has 0 amide bonds. The fourth-order valence-electron chi connectivity index (χ4n) is 5.50. The first-order valence-corrected chi connectivity index (χ1v) is 15.8. The first-order chi connectivity index (χ1) is 15.3. The summed E-state index contributed by atoms with van der Waals surface area (Å²) in [6.07, 6.45) is 26.7. The van der Waals surface area contributed by atoms with Gasteiger partial charge in [0, 0.05) is 0 Å². The molecular weight excluding hydrogens is 391 g/mol. The Kier molecular flexibility index (Phi) is 14.1. The van der Waals surface area contributed by atoms with Crippen LogP contribution < -0.4 is 5.30 Å². The second kappa shape index (κ2) is 16.3. The van der Waals surface area contributed by atoms with E-state index in [1.807, 2.05) is 10.9 Å². The lowest BCUT2D eigenvalue weighted by Gasteiger charge is -2.34. The zero-order valence-electron chi connectivity index (χ0n) is 21.6. The summed E-state index contributed by atoms with van der Waals surface area (Å²) in [7, 11) is 0.0156. The largest absolute Gasteiger partial charge is 0.0718 e. The maximum Gasteiger partial charge on any atom is -0.0169 e. The van der Waals surface area contributed by atoms with Crippen molar-refractivity contribution in [2.75, 3.05) is 6.16 Å². The average molecular weight is 445 g/mol. The van der Waals surface area contributed by atoms with Gasteiger partial charge in [0.1, 0.15) is 0 Å². The van der Waals surface area contributed by atoms with E-state index >= 15 is 0 Å². The number of aryl methyl sites for hydroxylation is 1. The molecule has 0 radical (unpaired) electrons. The van der Waals surface area contributed by atoms with Crippen molar-refractivity contribution in [3.05, 3.63) is 28.8 Å². The second-order valence-corrected chi connectivity index (χ2v) is 12.7. The van der Waals surface area contributed by atoms with Gasteiger partial charge in [-0.1, -0.05) is 106 Å². The van der Waals surface area contributed by atoms with Crippen LogP contribution in [0.15, 0.2) is 12.1 Å². The molecular formula is C30H53P. The van der Waals surface area contributed by atoms with E-state index in [2.05, 4.69) is 39.8 Å². The predicted octanol–water partition coefficient (Wildman–Crippen LogP) is 9.73. The number of hydrogen-bond acceptors (Lipinski definition) is 0. The van der Waals surface area contributed by atoms with E-state index in [9.17, 15) is 0 Å². The van der Waals surface area contributed by atoms with Crippen molar-refractivity contribution in [1.82, 2.24) is 0 Å². The van der Waals surface area contributed by atoms with Gasteiger partial charge in [-0.25, -0.2) is 0 Å². The Morgan fingerprint density at radius 1 is 0.645 bits per heavy atom. The Balaban J connectivity index is 2.42. The molecule has 0 heterocycles. The minimum Gasteiger partial charge on any atom is -0.0718 e. The molecule has 0 saturated heterocycles. The van der Waals surface area contributed by atoms with Crippen LogP contribution in [0.2, 0.25) is 0 Å². The Hall–Kier alpha value is -0.350. The van der Waals surface area contributed by atoms with Gasteiger partial charge in [-0.15, -0.1) is 0 Å². The summed E-state index contributed by atoms with van der Waals surface area (Å²) in [4.78, 5) is 0. The summed E-state index contributed by atoms with van der Waals surface area (Å²) in [6.45, 7) is 9.43. The van der Waals surface area contributed by atoms with Crippen molar-refractivity contribution in [2.24, 2.45) is 0 Å². The SMILES string of the molecule is CCCCCCP(c1ccc(CCCC)c(CCCC)c1CCCC)C1CCCCC1. The van der Waals surface area contributed by atoms with Gasteiger partial charge in [-0.05, 0) is 91.6 Å². The number of rotatable bonds is 16. The fourth-order valence-corrected chi connectivity index (χ4v) is 8.91. The van der Waals surface area contributed by atoms with Gasteiger partial charge in [-0.3, -0.25) is 0 Å². The monoisotopic (exact) mass is 444 g/mol. The molecule has 0 aliphatic heterocycles. The lowest BCUT2D eigenvalue weighted by molar-refractivity contribution is 0.511. The van der Waals surface area contributed by atoms with Gasteiger partial charge in [0.15, 0.2) is 0 Å². The molecule has 1 aromatic carbocycles. The predicted molar refractivity (Wildman–Crippen MR) is 145 cm³/mol.